The van der Waals surface area contributed by atoms with Gasteiger partial charge in [0.25, 0.3) is 0 Å². The van der Waals surface area contributed by atoms with E-state index < -0.39 is 0 Å². The zero-order valence-electron chi connectivity index (χ0n) is 8.58. The van der Waals surface area contributed by atoms with Crippen LogP contribution in [0.4, 0.5) is 4.39 Å². The lowest BCUT2D eigenvalue weighted by molar-refractivity contribution is 0.398. The molecule has 0 unspecified atom stereocenters. The minimum absolute atomic E-state index is 0.310. The Morgan fingerprint density at radius 1 is 1.25 bits per heavy atom. The molecule has 0 fully saturated rings. The molecule has 0 saturated heterocycles. The molecule has 82 valence electrons. The van der Waals surface area contributed by atoms with E-state index in [4.69, 9.17) is 4.74 Å². The topological polar surface area (TPSA) is 22.1 Å². The first kappa shape index (κ1) is 11.1. The molecule has 0 bridgehead atoms. The summed E-state index contributed by atoms with van der Waals surface area (Å²) in [6.45, 7) is 0. The molecule has 0 amide bonds. The molecule has 0 aliphatic carbocycles. The average Bonchev–Trinajstić information content (AvgIpc) is 2.29. The van der Waals surface area contributed by atoms with Gasteiger partial charge in [-0.3, -0.25) is 0 Å². The first-order valence-corrected chi connectivity index (χ1v) is 5.46. The second kappa shape index (κ2) is 4.61. The standard InChI is InChI=1S/C12H9BrFNO/c1-16-12-4-2-3-11(15-12)9-6-5-8(13)7-10(9)14/h2-7H,1H3. The number of ether oxygens (including phenoxy) is 1. The highest BCUT2D eigenvalue weighted by molar-refractivity contribution is 9.10. The number of hydrogen-bond acceptors (Lipinski definition) is 2. The fourth-order valence-electron chi connectivity index (χ4n) is 1.38. The van der Waals surface area contributed by atoms with E-state index >= 15 is 0 Å². The van der Waals surface area contributed by atoms with Gasteiger partial charge in [-0.25, -0.2) is 9.37 Å². The summed E-state index contributed by atoms with van der Waals surface area (Å²) < 4.78 is 19.4. The summed E-state index contributed by atoms with van der Waals surface area (Å²) in [6, 6.07) is 10.1. The van der Waals surface area contributed by atoms with Gasteiger partial charge in [-0.1, -0.05) is 22.0 Å². The predicted molar refractivity (Wildman–Crippen MR) is 63.9 cm³/mol. The highest BCUT2D eigenvalue weighted by Crippen LogP contribution is 2.25. The summed E-state index contributed by atoms with van der Waals surface area (Å²) in [5.41, 5.74) is 1.02. The zero-order chi connectivity index (χ0) is 11.5. The molecule has 1 aromatic carbocycles. The molecular formula is C12H9BrFNO. The van der Waals surface area contributed by atoms with Gasteiger partial charge >= 0.3 is 0 Å². The summed E-state index contributed by atoms with van der Waals surface area (Å²) in [6.07, 6.45) is 0. The van der Waals surface area contributed by atoms with Crippen molar-refractivity contribution in [3.63, 3.8) is 0 Å². The van der Waals surface area contributed by atoms with Crippen LogP contribution in [0.15, 0.2) is 40.9 Å². The van der Waals surface area contributed by atoms with Crippen LogP contribution >= 0.6 is 15.9 Å². The molecule has 1 aromatic heterocycles. The van der Waals surface area contributed by atoms with Crippen molar-refractivity contribution in [2.45, 2.75) is 0 Å². The van der Waals surface area contributed by atoms with Gasteiger partial charge in [0.1, 0.15) is 5.82 Å². The van der Waals surface area contributed by atoms with Crippen LogP contribution in [0, 0.1) is 5.82 Å². The Kier molecular flexibility index (Phi) is 3.19. The largest absolute Gasteiger partial charge is 0.481 e. The number of nitrogens with zero attached hydrogens (tertiary/aromatic N) is 1. The van der Waals surface area contributed by atoms with Crippen molar-refractivity contribution in [1.29, 1.82) is 0 Å². The van der Waals surface area contributed by atoms with Gasteiger partial charge in [0.15, 0.2) is 0 Å². The van der Waals surface area contributed by atoms with Gasteiger partial charge in [-0.2, -0.15) is 0 Å². The molecule has 0 N–H and O–H groups in total. The summed E-state index contributed by atoms with van der Waals surface area (Å²) >= 11 is 3.21. The lowest BCUT2D eigenvalue weighted by Crippen LogP contribution is -1.91. The van der Waals surface area contributed by atoms with Gasteiger partial charge in [-0.15, -0.1) is 0 Å². The van der Waals surface area contributed by atoms with Crippen molar-refractivity contribution < 1.29 is 9.13 Å². The highest BCUT2D eigenvalue weighted by Gasteiger charge is 2.07. The first-order chi connectivity index (χ1) is 7.70. The van der Waals surface area contributed by atoms with Gasteiger partial charge in [0, 0.05) is 16.1 Å². The van der Waals surface area contributed by atoms with Gasteiger partial charge < -0.3 is 4.74 Å². The van der Waals surface area contributed by atoms with Crippen LogP contribution in [0.3, 0.4) is 0 Å². The number of pyridine rings is 1. The molecule has 1 heterocycles. The fourth-order valence-corrected chi connectivity index (χ4v) is 1.71. The van der Waals surface area contributed by atoms with Crippen LogP contribution < -0.4 is 4.74 Å². The van der Waals surface area contributed by atoms with Crippen molar-refractivity contribution in [3.8, 4) is 17.1 Å². The van der Waals surface area contributed by atoms with Crippen LogP contribution in [0.2, 0.25) is 0 Å². The third-order valence-corrected chi connectivity index (χ3v) is 2.63. The Morgan fingerprint density at radius 3 is 2.75 bits per heavy atom. The van der Waals surface area contributed by atoms with Crippen molar-refractivity contribution >= 4 is 15.9 Å². The van der Waals surface area contributed by atoms with E-state index in [0.717, 1.165) is 0 Å². The lowest BCUT2D eigenvalue weighted by atomic mass is 10.1. The van der Waals surface area contributed by atoms with Crippen molar-refractivity contribution in [1.82, 2.24) is 4.98 Å². The summed E-state index contributed by atoms with van der Waals surface area (Å²) in [5.74, 6) is 0.162. The molecule has 2 nitrogen and oxygen atoms in total. The molecule has 0 saturated carbocycles. The van der Waals surface area contributed by atoms with Gasteiger partial charge in [0.2, 0.25) is 5.88 Å². The average molecular weight is 282 g/mol. The van der Waals surface area contributed by atoms with Gasteiger partial charge in [-0.05, 0) is 24.3 Å². The molecule has 0 radical (unpaired) electrons. The van der Waals surface area contributed by atoms with Gasteiger partial charge in [0.05, 0.1) is 12.8 Å². The molecule has 0 atom stereocenters. The van der Waals surface area contributed by atoms with Crippen molar-refractivity contribution in [2.24, 2.45) is 0 Å². The molecule has 2 rings (SSSR count). The number of methoxy groups -OCH3 is 1. The maximum absolute atomic E-state index is 13.7. The third-order valence-electron chi connectivity index (χ3n) is 2.14. The Labute approximate surface area is 101 Å². The molecule has 2 aromatic rings. The second-order valence-electron chi connectivity index (χ2n) is 3.19. The fraction of sp³-hybridized carbons (Fsp3) is 0.0833. The zero-order valence-corrected chi connectivity index (χ0v) is 10.2. The van der Waals surface area contributed by atoms with Crippen LogP contribution in [0.1, 0.15) is 0 Å². The summed E-state index contributed by atoms with van der Waals surface area (Å²) in [4.78, 5) is 4.17. The normalized spacial score (nSPS) is 10.2. The smallest absolute Gasteiger partial charge is 0.213 e. The first-order valence-electron chi connectivity index (χ1n) is 4.67. The number of hydrogen-bond donors (Lipinski definition) is 0. The third kappa shape index (κ3) is 2.22. The molecule has 16 heavy (non-hydrogen) atoms. The number of rotatable bonds is 2. The monoisotopic (exact) mass is 281 g/mol. The number of halogens is 2. The Morgan fingerprint density at radius 2 is 2.06 bits per heavy atom. The van der Waals surface area contributed by atoms with Crippen molar-refractivity contribution in [2.75, 3.05) is 7.11 Å². The highest BCUT2D eigenvalue weighted by atomic mass is 79.9. The van der Waals surface area contributed by atoms with E-state index in [1.807, 2.05) is 0 Å². The van der Waals surface area contributed by atoms with Crippen LogP contribution in [-0.2, 0) is 0 Å². The van der Waals surface area contributed by atoms with E-state index in [-0.39, 0.29) is 5.82 Å². The summed E-state index contributed by atoms with van der Waals surface area (Å²) in [5, 5.41) is 0. The maximum atomic E-state index is 13.7. The van der Waals surface area contributed by atoms with Crippen LogP contribution in [0.25, 0.3) is 11.3 Å². The van der Waals surface area contributed by atoms with E-state index in [1.54, 1.807) is 30.3 Å². The minimum atomic E-state index is -0.310. The molecule has 4 heteroatoms. The maximum Gasteiger partial charge on any atom is 0.213 e. The van der Waals surface area contributed by atoms with E-state index in [2.05, 4.69) is 20.9 Å². The number of aromatic nitrogens is 1. The van der Waals surface area contributed by atoms with Crippen LogP contribution in [0.5, 0.6) is 5.88 Å². The Balaban J connectivity index is 2.49. The molecule has 0 aliphatic heterocycles. The van der Waals surface area contributed by atoms with Crippen LogP contribution in [-0.4, -0.2) is 12.1 Å². The summed E-state index contributed by atoms with van der Waals surface area (Å²) in [7, 11) is 1.53. The van der Waals surface area contributed by atoms with Crippen molar-refractivity contribution in [3.05, 3.63) is 46.7 Å². The Hall–Kier alpha value is -1.42. The predicted octanol–water partition coefficient (Wildman–Crippen LogP) is 3.66. The minimum Gasteiger partial charge on any atom is -0.481 e. The second-order valence-corrected chi connectivity index (χ2v) is 4.11. The molecule has 0 spiro atoms. The van der Waals surface area contributed by atoms with E-state index in [9.17, 15) is 4.39 Å². The lowest BCUT2D eigenvalue weighted by Gasteiger charge is -2.05. The molecule has 0 aliphatic rings. The Bertz CT molecular complexity index is 516. The quantitative estimate of drug-likeness (QED) is 0.838. The van der Waals surface area contributed by atoms with E-state index in [0.29, 0.717) is 21.6 Å². The van der Waals surface area contributed by atoms with E-state index in [1.165, 1.54) is 13.2 Å². The SMILES string of the molecule is COc1cccc(-c2ccc(Br)cc2F)n1. The number of benzene rings is 1. The molecular weight excluding hydrogens is 273 g/mol.